The van der Waals surface area contributed by atoms with Crippen LogP contribution in [0.2, 0.25) is 0 Å². The van der Waals surface area contributed by atoms with Gasteiger partial charge in [-0.25, -0.2) is 0 Å². The quantitative estimate of drug-likeness (QED) is 0.633. The number of alkyl halides is 3. The highest BCUT2D eigenvalue weighted by Crippen LogP contribution is 2.29. The van der Waals surface area contributed by atoms with Crippen LogP contribution in [-0.2, 0) is 17.4 Å². The molecule has 0 aliphatic heterocycles. The third-order valence-corrected chi connectivity index (χ3v) is 4.07. The van der Waals surface area contributed by atoms with Crippen molar-refractivity contribution in [1.82, 2.24) is 5.32 Å². The third-order valence-electron chi connectivity index (χ3n) is 3.06. The van der Waals surface area contributed by atoms with Gasteiger partial charge < -0.3 is 5.32 Å². The molecule has 0 unspecified atom stereocenters. The second kappa shape index (κ2) is 8.06. The summed E-state index contributed by atoms with van der Waals surface area (Å²) in [6, 6.07) is 14.6. The minimum absolute atomic E-state index is 0.0556. The van der Waals surface area contributed by atoms with Crippen LogP contribution in [0.3, 0.4) is 0 Å². The van der Waals surface area contributed by atoms with E-state index in [0.29, 0.717) is 17.9 Å². The molecule has 1 amide bonds. The summed E-state index contributed by atoms with van der Waals surface area (Å²) in [4.78, 5) is 12.9. The van der Waals surface area contributed by atoms with Gasteiger partial charge in [-0.05, 0) is 23.8 Å². The second-order valence-electron chi connectivity index (χ2n) is 4.89. The maximum absolute atomic E-state index is 12.6. The van der Waals surface area contributed by atoms with Crippen LogP contribution in [0.5, 0.6) is 0 Å². The molecule has 0 radical (unpaired) electrons. The molecule has 0 spiro atoms. The van der Waals surface area contributed by atoms with Crippen molar-refractivity contribution in [2.75, 3.05) is 12.3 Å². The molecule has 0 aromatic heterocycles. The third kappa shape index (κ3) is 5.98. The zero-order valence-corrected chi connectivity index (χ0v) is 13.1. The Morgan fingerprint density at radius 1 is 1.04 bits per heavy atom. The summed E-state index contributed by atoms with van der Waals surface area (Å²) in [5, 5.41) is 2.72. The van der Waals surface area contributed by atoms with Gasteiger partial charge in [0.25, 0.3) is 0 Å². The molecule has 2 rings (SSSR count). The summed E-state index contributed by atoms with van der Waals surface area (Å²) < 4.78 is 37.8. The topological polar surface area (TPSA) is 29.1 Å². The van der Waals surface area contributed by atoms with E-state index in [1.807, 2.05) is 30.3 Å². The molecular formula is C17H16F3NOS. The van der Waals surface area contributed by atoms with Crippen LogP contribution in [0, 0.1) is 0 Å². The van der Waals surface area contributed by atoms with Gasteiger partial charge in [-0.3, -0.25) is 4.79 Å². The molecule has 0 atom stereocenters. The van der Waals surface area contributed by atoms with Crippen molar-refractivity contribution in [3.05, 3.63) is 65.7 Å². The predicted octanol–water partition coefficient (Wildman–Crippen LogP) is 4.16. The maximum atomic E-state index is 12.6. The van der Waals surface area contributed by atoms with Crippen molar-refractivity contribution in [3.63, 3.8) is 0 Å². The van der Waals surface area contributed by atoms with Crippen molar-refractivity contribution in [1.29, 1.82) is 0 Å². The minimum Gasteiger partial charge on any atom is -0.355 e. The lowest BCUT2D eigenvalue weighted by Gasteiger charge is -2.09. The monoisotopic (exact) mass is 339 g/mol. The van der Waals surface area contributed by atoms with E-state index >= 15 is 0 Å². The first-order valence-electron chi connectivity index (χ1n) is 7.06. The normalized spacial score (nSPS) is 11.3. The summed E-state index contributed by atoms with van der Waals surface area (Å²) in [6.45, 7) is 0.470. The molecule has 2 aromatic carbocycles. The van der Waals surface area contributed by atoms with Gasteiger partial charge in [-0.1, -0.05) is 36.4 Å². The molecule has 0 heterocycles. The Morgan fingerprint density at radius 2 is 1.78 bits per heavy atom. The zero-order valence-electron chi connectivity index (χ0n) is 12.3. The number of carbonyl (C=O) groups is 1. The Balaban J connectivity index is 1.77. The lowest BCUT2D eigenvalue weighted by atomic mass is 10.1. The van der Waals surface area contributed by atoms with Crippen LogP contribution in [0.1, 0.15) is 11.1 Å². The van der Waals surface area contributed by atoms with Gasteiger partial charge in [0.05, 0.1) is 12.0 Å². The van der Waals surface area contributed by atoms with Crippen LogP contribution in [-0.4, -0.2) is 18.2 Å². The molecule has 0 aliphatic rings. The van der Waals surface area contributed by atoms with Gasteiger partial charge in [-0.2, -0.15) is 13.2 Å². The maximum Gasteiger partial charge on any atom is 0.416 e. The number of nitrogens with one attached hydrogen (secondary N) is 1. The fourth-order valence-electron chi connectivity index (χ4n) is 1.98. The van der Waals surface area contributed by atoms with Crippen LogP contribution < -0.4 is 5.32 Å². The molecule has 0 saturated carbocycles. The molecule has 0 saturated heterocycles. The molecule has 2 nitrogen and oxygen atoms in total. The van der Waals surface area contributed by atoms with E-state index in [-0.39, 0.29) is 12.3 Å². The van der Waals surface area contributed by atoms with E-state index in [2.05, 4.69) is 5.32 Å². The number of thioether (sulfide) groups is 1. The van der Waals surface area contributed by atoms with Gasteiger partial charge in [0.15, 0.2) is 0 Å². The van der Waals surface area contributed by atoms with Crippen molar-refractivity contribution in [3.8, 4) is 0 Å². The van der Waals surface area contributed by atoms with Crippen molar-refractivity contribution >= 4 is 17.7 Å². The number of rotatable bonds is 6. The fourth-order valence-corrected chi connectivity index (χ4v) is 2.77. The smallest absolute Gasteiger partial charge is 0.355 e. The van der Waals surface area contributed by atoms with Gasteiger partial charge in [0, 0.05) is 17.2 Å². The SMILES string of the molecule is O=C(Cc1cccc(C(F)(F)F)c1)NCCSc1ccccc1. The van der Waals surface area contributed by atoms with Gasteiger partial charge in [0.1, 0.15) is 0 Å². The zero-order chi connectivity index (χ0) is 16.7. The van der Waals surface area contributed by atoms with E-state index in [1.54, 1.807) is 11.8 Å². The lowest BCUT2D eigenvalue weighted by molar-refractivity contribution is -0.137. The van der Waals surface area contributed by atoms with E-state index in [1.165, 1.54) is 12.1 Å². The predicted molar refractivity (Wildman–Crippen MR) is 85.3 cm³/mol. The average Bonchev–Trinajstić information content (AvgIpc) is 2.52. The van der Waals surface area contributed by atoms with Crippen LogP contribution in [0.15, 0.2) is 59.5 Å². The fraction of sp³-hybridized carbons (Fsp3) is 0.235. The number of halogens is 3. The van der Waals surface area contributed by atoms with Crippen molar-refractivity contribution in [2.24, 2.45) is 0 Å². The van der Waals surface area contributed by atoms with Gasteiger partial charge in [0.2, 0.25) is 5.91 Å². The molecule has 122 valence electrons. The van der Waals surface area contributed by atoms with E-state index in [0.717, 1.165) is 17.0 Å². The lowest BCUT2D eigenvalue weighted by Crippen LogP contribution is -2.27. The highest BCUT2D eigenvalue weighted by atomic mass is 32.2. The molecule has 2 aromatic rings. The van der Waals surface area contributed by atoms with E-state index < -0.39 is 11.7 Å². The largest absolute Gasteiger partial charge is 0.416 e. The van der Waals surface area contributed by atoms with Crippen LogP contribution in [0.25, 0.3) is 0 Å². The van der Waals surface area contributed by atoms with Crippen LogP contribution in [0.4, 0.5) is 13.2 Å². The first-order chi connectivity index (χ1) is 10.9. The number of amides is 1. The number of benzene rings is 2. The summed E-state index contributed by atoms with van der Waals surface area (Å²) in [5.74, 6) is 0.427. The first kappa shape index (κ1) is 17.4. The molecule has 6 heteroatoms. The Hall–Kier alpha value is -1.95. The second-order valence-corrected chi connectivity index (χ2v) is 6.05. The molecular weight excluding hydrogens is 323 g/mol. The number of hydrogen-bond acceptors (Lipinski definition) is 2. The van der Waals surface area contributed by atoms with E-state index in [9.17, 15) is 18.0 Å². The van der Waals surface area contributed by atoms with E-state index in [4.69, 9.17) is 0 Å². The first-order valence-corrected chi connectivity index (χ1v) is 8.04. The minimum atomic E-state index is -4.39. The molecule has 0 aliphatic carbocycles. The van der Waals surface area contributed by atoms with Crippen LogP contribution >= 0.6 is 11.8 Å². The number of carbonyl (C=O) groups excluding carboxylic acids is 1. The van der Waals surface area contributed by atoms with Gasteiger partial charge in [-0.15, -0.1) is 11.8 Å². The Bertz CT molecular complexity index is 644. The molecule has 23 heavy (non-hydrogen) atoms. The van der Waals surface area contributed by atoms with Gasteiger partial charge >= 0.3 is 6.18 Å². The summed E-state index contributed by atoms with van der Waals surface area (Å²) in [6.07, 6.45) is -4.45. The Labute approximate surface area is 137 Å². The number of hydrogen-bond donors (Lipinski definition) is 1. The molecule has 0 fully saturated rings. The highest BCUT2D eigenvalue weighted by Gasteiger charge is 2.30. The Morgan fingerprint density at radius 3 is 2.48 bits per heavy atom. The molecule has 1 N–H and O–H groups in total. The summed E-state index contributed by atoms with van der Waals surface area (Å²) in [5.41, 5.74) is -0.379. The highest BCUT2D eigenvalue weighted by molar-refractivity contribution is 7.99. The Kier molecular flexibility index (Phi) is 6.10. The average molecular weight is 339 g/mol. The molecule has 0 bridgehead atoms. The summed E-state index contributed by atoms with van der Waals surface area (Å²) in [7, 11) is 0. The standard InChI is InChI=1S/C17H16F3NOS/c18-17(19,20)14-6-4-5-13(11-14)12-16(22)21-9-10-23-15-7-2-1-3-8-15/h1-8,11H,9-10,12H2,(H,21,22). The van der Waals surface area contributed by atoms with Crippen molar-refractivity contribution in [2.45, 2.75) is 17.5 Å². The van der Waals surface area contributed by atoms with Crippen molar-refractivity contribution < 1.29 is 18.0 Å². The summed E-state index contributed by atoms with van der Waals surface area (Å²) >= 11 is 1.61.